The van der Waals surface area contributed by atoms with Crippen LogP contribution in [0, 0.1) is 0 Å². The van der Waals surface area contributed by atoms with Gasteiger partial charge < -0.3 is 29.4 Å². The van der Waals surface area contributed by atoms with Crippen LogP contribution in [-0.4, -0.2) is 43.5 Å². The van der Waals surface area contributed by atoms with Gasteiger partial charge in [-0.1, -0.05) is 6.07 Å². The summed E-state index contributed by atoms with van der Waals surface area (Å²) in [6, 6.07) is 20.8. The second kappa shape index (κ2) is 12.6. The number of fused-ring (bicyclic) bond motifs is 1. The molecule has 2 heterocycles. The van der Waals surface area contributed by atoms with Crippen LogP contribution in [0.1, 0.15) is 23.1 Å². The lowest BCUT2D eigenvalue weighted by Crippen LogP contribution is -2.27. The van der Waals surface area contributed by atoms with Crippen LogP contribution in [0.15, 0.2) is 83.8 Å². The number of hydrogen-bond donors (Lipinski definition) is 1. The number of nitrogens with two attached hydrogens (primary N) is 1. The van der Waals surface area contributed by atoms with Gasteiger partial charge in [0.2, 0.25) is 5.75 Å². The molecular weight excluding hydrogens is 550 g/mol. The molecule has 0 spiro atoms. The van der Waals surface area contributed by atoms with Gasteiger partial charge in [-0.05, 0) is 84.6 Å². The van der Waals surface area contributed by atoms with Crippen molar-refractivity contribution in [3.8, 4) is 39.8 Å². The van der Waals surface area contributed by atoms with Gasteiger partial charge in [-0.2, -0.15) is 0 Å². The molecule has 0 fully saturated rings. The summed E-state index contributed by atoms with van der Waals surface area (Å²) in [5.41, 5.74) is 8.17. The van der Waals surface area contributed by atoms with E-state index in [4.69, 9.17) is 29.4 Å². The topological polar surface area (TPSA) is 124 Å². The van der Waals surface area contributed by atoms with Crippen molar-refractivity contribution < 1.29 is 28.5 Å². The van der Waals surface area contributed by atoms with Crippen LogP contribution < -0.4 is 30.2 Å². The van der Waals surface area contributed by atoms with Crippen molar-refractivity contribution in [2.45, 2.75) is 13.5 Å². The van der Waals surface area contributed by atoms with Crippen LogP contribution in [0.25, 0.3) is 27.6 Å². The molecule has 220 valence electrons. The molecule has 43 heavy (non-hydrogen) atoms. The first-order valence-corrected chi connectivity index (χ1v) is 13.5. The number of rotatable bonds is 10. The number of benzene rings is 3. The average molecular weight is 582 g/mol. The van der Waals surface area contributed by atoms with Gasteiger partial charge in [-0.3, -0.25) is 14.3 Å². The van der Waals surface area contributed by atoms with Crippen molar-refractivity contribution in [2.24, 2.45) is 0 Å². The van der Waals surface area contributed by atoms with E-state index in [-0.39, 0.29) is 18.9 Å². The van der Waals surface area contributed by atoms with E-state index in [1.165, 1.54) is 25.9 Å². The third-order valence-corrected chi connectivity index (χ3v) is 6.84. The van der Waals surface area contributed by atoms with Crippen molar-refractivity contribution in [3.63, 3.8) is 0 Å². The maximum absolute atomic E-state index is 14.3. The molecule has 0 amide bonds. The third kappa shape index (κ3) is 5.67. The van der Waals surface area contributed by atoms with Crippen molar-refractivity contribution in [1.29, 1.82) is 0 Å². The molecule has 0 aliphatic carbocycles. The third-order valence-electron chi connectivity index (χ3n) is 6.84. The van der Waals surface area contributed by atoms with E-state index in [9.17, 15) is 9.59 Å². The minimum absolute atomic E-state index is 0.0283. The zero-order valence-corrected chi connectivity index (χ0v) is 24.2. The standard InChI is InChI=1S/C33H31N3O7/c1-5-42-33(38)30-29(20-16-27(39-2)31(41-4)28(17-20)40-3)25-14-13-24(43-19-22-8-6-7-15-35-22)18-26(25)32(37)36(30)23-11-9-21(34)10-12-23/h6-18H,5,19,34H2,1-4H3. The lowest BCUT2D eigenvalue weighted by Gasteiger charge is -2.21. The maximum Gasteiger partial charge on any atom is 0.356 e. The number of esters is 1. The van der Waals surface area contributed by atoms with E-state index >= 15 is 0 Å². The van der Waals surface area contributed by atoms with Crippen LogP contribution >= 0.6 is 0 Å². The van der Waals surface area contributed by atoms with E-state index in [2.05, 4.69) is 4.98 Å². The molecular formula is C33H31N3O7. The van der Waals surface area contributed by atoms with Gasteiger partial charge in [-0.15, -0.1) is 0 Å². The highest BCUT2D eigenvalue weighted by Crippen LogP contribution is 2.44. The Morgan fingerprint density at radius 2 is 1.60 bits per heavy atom. The van der Waals surface area contributed by atoms with Gasteiger partial charge in [0, 0.05) is 23.1 Å². The number of nitrogens with zero attached hydrogens (tertiary/aromatic N) is 2. The second-order valence-electron chi connectivity index (χ2n) is 9.41. The van der Waals surface area contributed by atoms with Crippen molar-refractivity contribution in [3.05, 3.63) is 101 Å². The number of carbonyl (C=O) groups excluding carboxylic acids is 1. The van der Waals surface area contributed by atoms with Gasteiger partial charge in [0.1, 0.15) is 18.1 Å². The Bertz CT molecular complexity index is 1810. The minimum Gasteiger partial charge on any atom is -0.493 e. The Labute approximate surface area is 248 Å². The van der Waals surface area contributed by atoms with E-state index in [1.54, 1.807) is 67.7 Å². The fourth-order valence-electron chi connectivity index (χ4n) is 4.89. The highest BCUT2D eigenvalue weighted by atomic mass is 16.5. The molecule has 0 saturated carbocycles. The zero-order chi connectivity index (χ0) is 30.5. The molecule has 10 nitrogen and oxygen atoms in total. The molecule has 3 aromatic carbocycles. The molecule has 0 unspecified atom stereocenters. The summed E-state index contributed by atoms with van der Waals surface area (Å²) in [6.45, 7) is 2.01. The summed E-state index contributed by atoms with van der Waals surface area (Å²) in [5.74, 6) is 0.907. The molecule has 10 heteroatoms. The van der Waals surface area contributed by atoms with Gasteiger partial charge in [-0.25, -0.2) is 4.79 Å². The van der Waals surface area contributed by atoms with Gasteiger partial charge in [0.05, 0.1) is 39.0 Å². The van der Waals surface area contributed by atoms with Crippen molar-refractivity contribution in [1.82, 2.24) is 9.55 Å². The number of methoxy groups -OCH3 is 3. The first kappa shape index (κ1) is 29.0. The lowest BCUT2D eigenvalue weighted by atomic mass is 9.95. The van der Waals surface area contributed by atoms with Crippen LogP contribution in [0.3, 0.4) is 0 Å². The summed E-state index contributed by atoms with van der Waals surface area (Å²) in [6.07, 6.45) is 1.69. The second-order valence-corrected chi connectivity index (χ2v) is 9.41. The van der Waals surface area contributed by atoms with E-state index in [1.807, 2.05) is 18.2 Å². The Balaban J connectivity index is 1.85. The van der Waals surface area contributed by atoms with Gasteiger partial charge >= 0.3 is 5.97 Å². The highest BCUT2D eigenvalue weighted by molar-refractivity contribution is 6.08. The number of pyridine rings is 2. The fourth-order valence-corrected chi connectivity index (χ4v) is 4.89. The molecule has 0 radical (unpaired) electrons. The predicted octanol–water partition coefficient (Wildman–Crippen LogP) is 5.42. The Morgan fingerprint density at radius 1 is 0.884 bits per heavy atom. The molecule has 0 bridgehead atoms. The first-order chi connectivity index (χ1) is 20.9. The molecule has 0 aliphatic heterocycles. The van der Waals surface area contributed by atoms with E-state index in [0.717, 1.165) is 5.69 Å². The number of carbonyl (C=O) groups is 1. The summed E-state index contributed by atoms with van der Waals surface area (Å²) in [7, 11) is 4.52. The van der Waals surface area contributed by atoms with E-state index in [0.29, 0.717) is 56.3 Å². The number of hydrogen-bond acceptors (Lipinski definition) is 9. The largest absolute Gasteiger partial charge is 0.493 e. The number of anilines is 1. The van der Waals surface area contributed by atoms with Crippen LogP contribution in [0.4, 0.5) is 5.69 Å². The number of aromatic nitrogens is 2. The van der Waals surface area contributed by atoms with Crippen LogP contribution in [0.5, 0.6) is 23.0 Å². The number of nitrogen functional groups attached to an aromatic ring is 1. The smallest absolute Gasteiger partial charge is 0.356 e. The number of ether oxygens (including phenoxy) is 5. The predicted molar refractivity (Wildman–Crippen MR) is 164 cm³/mol. The van der Waals surface area contributed by atoms with Crippen LogP contribution in [0.2, 0.25) is 0 Å². The van der Waals surface area contributed by atoms with Crippen molar-refractivity contribution in [2.75, 3.05) is 33.7 Å². The normalized spacial score (nSPS) is 10.8. The molecule has 2 N–H and O–H groups in total. The van der Waals surface area contributed by atoms with Gasteiger partial charge in [0.25, 0.3) is 5.56 Å². The summed E-state index contributed by atoms with van der Waals surface area (Å²) in [5, 5.41) is 0.811. The summed E-state index contributed by atoms with van der Waals surface area (Å²) in [4.78, 5) is 32.3. The van der Waals surface area contributed by atoms with Crippen LogP contribution in [-0.2, 0) is 11.3 Å². The molecule has 0 aliphatic rings. The maximum atomic E-state index is 14.3. The molecule has 0 atom stereocenters. The Hall–Kier alpha value is -5.51. The molecule has 5 rings (SSSR count). The SMILES string of the molecule is CCOC(=O)c1c(-c2cc(OC)c(OC)c(OC)c2)c2ccc(OCc3ccccn3)cc2c(=O)n1-c1ccc(N)cc1. The zero-order valence-electron chi connectivity index (χ0n) is 24.2. The minimum atomic E-state index is -0.683. The first-order valence-electron chi connectivity index (χ1n) is 13.5. The Kier molecular flexibility index (Phi) is 8.47. The van der Waals surface area contributed by atoms with Gasteiger partial charge in [0.15, 0.2) is 11.5 Å². The molecule has 2 aromatic heterocycles. The van der Waals surface area contributed by atoms with E-state index < -0.39 is 11.5 Å². The lowest BCUT2D eigenvalue weighted by molar-refractivity contribution is 0.0517. The average Bonchev–Trinajstić information content (AvgIpc) is 3.04. The highest BCUT2D eigenvalue weighted by Gasteiger charge is 2.27. The summed E-state index contributed by atoms with van der Waals surface area (Å²) < 4.78 is 29.6. The monoisotopic (exact) mass is 581 g/mol. The molecule has 5 aromatic rings. The summed E-state index contributed by atoms with van der Waals surface area (Å²) >= 11 is 0. The Morgan fingerprint density at radius 3 is 2.21 bits per heavy atom. The molecule has 0 saturated heterocycles. The van der Waals surface area contributed by atoms with Crippen molar-refractivity contribution >= 4 is 22.4 Å². The fraction of sp³-hybridized carbons (Fsp3) is 0.182. The quantitative estimate of drug-likeness (QED) is 0.170.